The lowest BCUT2D eigenvalue weighted by atomic mass is 9.82. The number of carbonyl (C=O) groups is 2. The lowest BCUT2D eigenvalue weighted by Crippen LogP contribution is -2.60. The lowest BCUT2D eigenvalue weighted by Gasteiger charge is -2.34. The maximum Gasteiger partial charge on any atom is 0.271 e. The number of nitrogens with one attached hydrogen (secondary N) is 2. The molecule has 40 heavy (non-hydrogen) atoms. The summed E-state index contributed by atoms with van der Waals surface area (Å²) in [6.07, 6.45) is 1.61. The Morgan fingerprint density at radius 2 is 1.65 bits per heavy atom. The van der Waals surface area contributed by atoms with E-state index in [0.717, 1.165) is 16.5 Å². The summed E-state index contributed by atoms with van der Waals surface area (Å²) in [5.74, 6) is -2.30. The van der Waals surface area contributed by atoms with Crippen molar-refractivity contribution in [3.63, 3.8) is 0 Å². The summed E-state index contributed by atoms with van der Waals surface area (Å²) in [5, 5.41) is 15.6. The summed E-state index contributed by atoms with van der Waals surface area (Å²) >= 11 is 0. The Balaban J connectivity index is 0.000000411. The number of ketones is 1. The quantitative estimate of drug-likeness (QED) is 0.292. The van der Waals surface area contributed by atoms with Crippen LogP contribution in [0.1, 0.15) is 77.9 Å². The molecule has 2 heterocycles. The maximum atomic E-state index is 13.9. The van der Waals surface area contributed by atoms with E-state index in [2.05, 4.69) is 49.8 Å². The van der Waals surface area contributed by atoms with Crippen molar-refractivity contribution in [3.05, 3.63) is 101 Å². The standard InChI is InChI=1S/C27H22N2O4.C6H15N/c1-15(2)16-11-12-21-23(13-16)33-27(32)20-9-5-3-8-18(20)24(30)26(21,27)29-25(31)19-14-28-22-10-6-4-7-17(19)22;1-4-7(5-2)6-3/h3-15,28,32H,1-2H3,(H,29,31);4-6H2,1-3H3. The fourth-order valence-corrected chi connectivity index (χ4v) is 5.80. The van der Waals surface area contributed by atoms with Gasteiger partial charge < -0.3 is 25.0 Å². The summed E-state index contributed by atoms with van der Waals surface area (Å²) in [7, 11) is 0. The minimum Gasteiger partial charge on any atom is -0.454 e. The fraction of sp³-hybridized carbons (Fsp3) is 0.333. The van der Waals surface area contributed by atoms with Crippen molar-refractivity contribution < 1.29 is 19.4 Å². The van der Waals surface area contributed by atoms with E-state index in [1.54, 1.807) is 36.5 Å². The molecule has 1 aliphatic carbocycles. The van der Waals surface area contributed by atoms with Crippen LogP contribution in [0.4, 0.5) is 0 Å². The van der Waals surface area contributed by atoms with Gasteiger partial charge in [0, 0.05) is 33.8 Å². The first-order valence-electron chi connectivity index (χ1n) is 14.0. The molecule has 3 aromatic carbocycles. The molecule has 0 fully saturated rings. The molecule has 1 aromatic heterocycles. The second kappa shape index (κ2) is 10.6. The SMILES string of the molecule is CC(C)c1ccc2c(c1)OC1(O)c3ccccc3C(=O)C21NC(=O)c1c[nH]c2ccccc12.CCN(CC)CC. The Bertz CT molecular complexity index is 1570. The second-order valence-electron chi connectivity index (χ2n) is 10.6. The van der Waals surface area contributed by atoms with Crippen LogP contribution < -0.4 is 10.1 Å². The Morgan fingerprint density at radius 3 is 2.33 bits per heavy atom. The van der Waals surface area contributed by atoms with Crippen LogP contribution >= 0.6 is 0 Å². The number of benzene rings is 3. The molecule has 2 atom stereocenters. The van der Waals surface area contributed by atoms with Gasteiger partial charge in [0.1, 0.15) is 5.75 Å². The van der Waals surface area contributed by atoms with Crippen molar-refractivity contribution >= 4 is 22.6 Å². The highest BCUT2D eigenvalue weighted by molar-refractivity contribution is 6.15. The number of rotatable bonds is 6. The molecular weight excluding hydrogens is 502 g/mol. The number of aliphatic hydroxyl groups is 1. The molecule has 1 aliphatic heterocycles. The van der Waals surface area contributed by atoms with Crippen LogP contribution in [-0.4, -0.2) is 46.3 Å². The van der Waals surface area contributed by atoms with Gasteiger partial charge in [-0.1, -0.05) is 89.2 Å². The number of hydrogen-bond donors (Lipinski definition) is 3. The third-order valence-electron chi connectivity index (χ3n) is 8.20. The van der Waals surface area contributed by atoms with E-state index in [0.29, 0.717) is 28.0 Å². The normalized spacial score (nSPS) is 20.6. The summed E-state index contributed by atoms with van der Waals surface area (Å²) < 4.78 is 6.13. The maximum absolute atomic E-state index is 13.9. The number of H-pyrrole nitrogens is 1. The number of aromatic nitrogens is 1. The van der Waals surface area contributed by atoms with Crippen LogP contribution in [0.15, 0.2) is 72.9 Å². The number of ether oxygens (including phenoxy) is 1. The van der Waals surface area contributed by atoms with Gasteiger partial charge in [-0.2, -0.15) is 0 Å². The van der Waals surface area contributed by atoms with Gasteiger partial charge in [-0.25, -0.2) is 0 Å². The number of carbonyl (C=O) groups excluding carboxylic acids is 2. The number of aromatic amines is 1. The molecule has 0 radical (unpaired) electrons. The Labute approximate surface area is 235 Å². The van der Waals surface area contributed by atoms with Crippen molar-refractivity contribution in [2.75, 3.05) is 19.6 Å². The van der Waals surface area contributed by atoms with Gasteiger partial charge in [0.25, 0.3) is 11.7 Å². The van der Waals surface area contributed by atoms with E-state index in [1.165, 1.54) is 19.6 Å². The predicted octanol–water partition coefficient (Wildman–Crippen LogP) is 5.70. The molecule has 0 saturated carbocycles. The van der Waals surface area contributed by atoms with E-state index >= 15 is 0 Å². The monoisotopic (exact) mass is 539 g/mol. The highest BCUT2D eigenvalue weighted by atomic mass is 16.6. The zero-order chi connectivity index (χ0) is 28.7. The Kier molecular flexibility index (Phi) is 7.29. The third kappa shape index (κ3) is 4.12. The predicted molar refractivity (Wildman–Crippen MR) is 157 cm³/mol. The lowest BCUT2D eigenvalue weighted by molar-refractivity contribution is -0.169. The zero-order valence-electron chi connectivity index (χ0n) is 23.7. The summed E-state index contributed by atoms with van der Waals surface area (Å²) in [6, 6.07) is 19.8. The smallest absolute Gasteiger partial charge is 0.271 e. The molecule has 3 N–H and O–H groups in total. The van der Waals surface area contributed by atoms with Crippen LogP contribution in [0.3, 0.4) is 0 Å². The molecule has 0 spiro atoms. The second-order valence-corrected chi connectivity index (χ2v) is 10.6. The van der Waals surface area contributed by atoms with Crippen LogP contribution in [0, 0.1) is 0 Å². The van der Waals surface area contributed by atoms with Crippen molar-refractivity contribution in [2.24, 2.45) is 0 Å². The highest BCUT2D eigenvalue weighted by Gasteiger charge is 2.71. The topological polar surface area (TPSA) is 94.7 Å². The number of fused-ring (bicyclic) bond motifs is 6. The van der Waals surface area contributed by atoms with E-state index < -0.39 is 23.0 Å². The molecule has 0 saturated heterocycles. The highest BCUT2D eigenvalue weighted by Crippen LogP contribution is 2.58. The van der Waals surface area contributed by atoms with E-state index in [1.807, 2.05) is 36.4 Å². The summed E-state index contributed by atoms with van der Waals surface area (Å²) in [5.41, 5.74) is 1.53. The zero-order valence-corrected chi connectivity index (χ0v) is 23.7. The van der Waals surface area contributed by atoms with Crippen LogP contribution in [0.25, 0.3) is 10.9 Å². The van der Waals surface area contributed by atoms with E-state index in [-0.39, 0.29) is 5.92 Å². The third-order valence-corrected chi connectivity index (χ3v) is 8.20. The first-order chi connectivity index (χ1) is 19.2. The Morgan fingerprint density at radius 1 is 0.975 bits per heavy atom. The first-order valence-corrected chi connectivity index (χ1v) is 14.0. The van der Waals surface area contributed by atoms with Crippen molar-refractivity contribution in [3.8, 4) is 5.75 Å². The minimum absolute atomic E-state index is 0.230. The number of hydrogen-bond acceptors (Lipinski definition) is 5. The van der Waals surface area contributed by atoms with Gasteiger partial charge in [-0.15, -0.1) is 0 Å². The molecule has 1 amide bonds. The molecule has 2 aliphatic rings. The molecule has 0 bridgehead atoms. The number of Topliss-reactive ketones (excluding diaryl/α,β-unsaturated/α-hetero) is 1. The summed E-state index contributed by atoms with van der Waals surface area (Å²) in [4.78, 5) is 32.9. The van der Waals surface area contributed by atoms with Crippen molar-refractivity contribution in [1.82, 2.24) is 15.2 Å². The van der Waals surface area contributed by atoms with Crippen LogP contribution in [-0.2, 0) is 11.3 Å². The van der Waals surface area contributed by atoms with Crippen molar-refractivity contribution in [1.29, 1.82) is 0 Å². The molecule has 7 nitrogen and oxygen atoms in total. The number of para-hydroxylation sites is 1. The van der Waals surface area contributed by atoms with Crippen molar-refractivity contribution in [2.45, 2.75) is 51.9 Å². The van der Waals surface area contributed by atoms with Gasteiger partial charge in [0.15, 0.2) is 0 Å². The minimum atomic E-state index is -2.06. The Hall–Kier alpha value is -3.94. The van der Waals surface area contributed by atoms with Gasteiger partial charge in [0.2, 0.25) is 11.3 Å². The molecule has 2 unspecified atom stereocenters. The molecule has 4 aromatic rings. The largest absolute Gasteiger partial charge is 0.454 e. The molecular formula is C33H37N3O4. The summed E-state index contributed by atoms with van der Waals surface area (Å²) in [6.45, 7) is 14.2. The number of nitrogens with zero attached hydrogens (tertiary/aromatic N) is 1. The molecule has 7 heteroatoms. The average molecular weight is 540 g/mol. The van der Waals surface area contributed by atoms with Crippen LogP contribution in [0.5, 0.6) is 5.75 Å². The number of amides is 1. The van der Waals surface area contributed by atoms with E-state index in [4.69, 9.17) is 4.74 Å². The average Bonchev–Trinajstić information content (AvgIpc) is 3.56. The van der Waals surface area contributed by atoms with Gasteiger partial charge in [0.05, 0.1) is 5.56 Å². The molecule has 208 valence electrons. The van der Waals surface area contributed by atoms with E-state index in [9.17, 15) is 14.7 Å². The van der Waals surface area contributed by atoms with Gasteiger partial charge >= 0.3 is 0 Å². The van der Waals surface area contributed by atoms with Gasteiger partial charge in [-0.3, -0.25) is 9.59 Å². The van der Waals surface area contributed by atoms with Crippen LogP contribution in [0.2, 0.25) is 0 Å². The molecule has 6 rings (SSSR count). The van der Waals surface area contributed by atoms with Gasteiger partial charge in [-0.05, 0) is 43.2 Å². The fourth-order valence-electron chi connectivity index (χ4n) is 5.80. The first kappa shape index (κ1) is 27.6.